The van der Waals surface area contributed by atoms with E-state index in [0.717, 1.165) is 106 Å². The molecule has 0 radical (unpaired) electrons. The number of ether oxygens (including phenoxy) is 1. The molecule has 1 aliphatic heterocycles. The van der Waals surface area contributed by atoms with Gasteiger partial charge in [-0.3, -0.25) is 0 Å². The molecule has 1 aliphatic rings. The third-order valence-electron chi connectivity index (χ3n) is 12.0. The van der Waals surface area contributed by atoms with Gasteiger partial charge in [-0.25, -0.2) is 0 Å². The van der Waals surface area contributed by atoms with Crippen LogP contribution in [0.2, 0.25) is 0 Å². The van der Waals surface area contributed by atoms with Crippen LogP contribution in [0.25, 0.3) is 66.1 Å². The Labute approximate surface area is 359 Å². The van der Waals surface area contributed by atoms with Gasteiger partial charge in [0, 0.05) is 56.1 Å². The lowest BCUT2D eigenvalue weighted by Crippen LogP contribution is -2.13. The van der Waals surface area contributed by atoms with E-state index in [1.807, 2.05) is 12.1 Å². The predicted molar refractivity (Wildman–Crippen MR) is 257 cm³/mol. The molecule has 0 unspecified atom stereocenters. The number of nitrogens with zero attached hydrogens (tertiary/aromatic N) is 2. The van der Waals surface area contributed by atoms with Crippen molar-refractivity contribution >= 4 is 66.8 Å². The first-order valence-corrected chi connectivity index (χ1v) is 21.0. The number of anilines is 6. The summed E-state index contributed by atoms with van der Waals surface area (Å²) in [5, 5.41) is 4.43. The SMILES string of the molecule is c1ccc(-c2ccc(N(c3ccc(-c4cccc5c4oc4ccccc45)cc3)c3cc4c5c(cccc5c3)-c3c(cccc3N(c3ccccc3)c3ccccc3)O4)cc2)cc1. The topological polar surface area (TPSA) is 28.9 Å². The molecule has 0 saturated carbocycles. The van der Waals surface area contributed by atoms with Crippen LogP contribution in [0.1, 0.15) is 0 Å². The summed E-state index contributed by atoms with van der Waals surface area (Å²) in [6, 6.07) is 81.4. The zero-order chi connectivity index (χ0) is 41.0. The molecule has 0 atom stereocenters. The summed E-state index contributed by atoms with van der Waals surface area (Å²) in [5.41, 5.74) is 14.8. The van der Waals surface area contributed by atoms with Gasteiger partial charge in [0.2, 0.25) is 0 Å². The second-order valence-corrected chi connectivity index (χ2v) is 15.7. The van der Waals surface area contributed by atoms with Crippen LogP contribution in [0, 0.1) is 0 Å². The molecule has 0 saturated heterocycles. The molecule has 0 N–H and O–H groups in total. The van der Waals surface area contributed by atoms with Gasteiger partial charge in [0.1, 0.15) is 22.7 Å². The Bertz CT molecular complexity index is 3380. The summed E-state index contributed by atoms with van der Waals surface area (Å²) in [4.78, 5) is 4.64. The molecule has 4 nitrogen and oxygen atoms in total. The van der Waals surface area contributed by atoms with Crippen molar-refractivity contribution in [1.82, 2.24) is 0 Å². The molecule has 0 bridgehead atoms. The van der Waals surface area contributed by atoms with Gasteiger partial charge in [0.05, 0.1) is 11.4 Å². The number of benzene rings is 10. The zero-order valence-electron chi connectivity index (χ0n) is 33.7. The number of furan rings is 1. The molecule has 0 fully saturated rings. The maximum atomic E-state index is 7.03. The Morgan fingerprint density at radius 1 is 0.339 bits per heavy atom. The summed E-state index contributed by atoms with van der Waals surface area (Å²) < 4.78 is 13.5. The molecular formula is C58H38N2O2. The van der Waals surface area contributed by atoms with Crippen LogP contribution >= 0.6 is 0 Å². The predicted octanol–water partition coefficient (Wildman–Crippen LogP) is 16.8. The summed E-state index contributed by atoms with van der Waals surface area (Å²) >= 11 is 0. The lowest BCUT2D eigenvalue weighted by molar-refractivity contribution is 0.487. The minimum atomic E-state index is 0.819. The number of hydrogen-bond donors (Lipinski definition) is 0. The first-order chi connectivity index (χ1) is 30.7. The van der Waals surface area contributed by atoms with Crippen LogP contribution in [-0.4, -0.2) is 0 Å². The van der Waals surface area contributed by atoms with Gasteiger partial charge in [-0.05, 0) is 100 Å². The Morgan fingerprint density at radius 3 is 1.63 bits per heavy atom. The molecule has 2 heterocycles. The van der Waals surface area contributed by atoms with Gasteiger partial charge in [0.25, 0.3) is 0 Å². The minimum Gasteiger partial charge on any atom is -0.456 e. The monoisotopic (exact) mass is 794 g/mol. The molecule has 11 aromatic rings. The van der Waals surface area contributed by atoms with E-state index in [-0.39, 0.29) is 0 Å². The van der Waals surface area contributed by atoms with E-state index in [2.05, 4.69) is 228 Å². The second kappa shape index (κ2) is 14.7. The second-order valence-electron chi connectivity index (χ2n) is 15.7. The van der Waals surface area contributed by atoms with E-state index in [1.165, 1.54) is 5.56 Å². The van der Waals surface area contributed by atoms with Crippen LogP contribution in [0.3, 0.4) is 0 Å². The van der Waals surface area contributed by atoms with Crippen LogP contribution in [0.5, 0.6) is 11.5 Å². The number of para-hydroxylation sites is 4. The molecule has 10 aromatic carbocycles. The molecule has 4 heteroatoms. The third-order valence-corrected chi connectivity index (χ3v) is 12.0. The average Bonchev–Trinajstić information content (AvgIpc) is 3.72. The van der Waals surface area contributed by atoms with Crippen molar-refractivity contribution in [1.29, 1.82) is 0 Å². The summed E-state index contributed by atoms with van der Waals surface area (Å²) in [7, 11) is 0. The average molecular weight is 795 g/mol. The highest BCUT2D eigenvalue weighted by Crippen LogP contribution is 2.54. The van der Waals surface area contributed by atoms with Gasteiger partial charge in [-0.1, -0.05) is 152 Å². The van der Waals surface area contributed by atoms with Crippen molar-refractivity contribution in [2.24, 2.45) is 0 Å². The van der Waals surface area contributed by atoms with Gasteiger partial charge in [0.15, 0.2) is 0 Å². The molecule has 12 rings (SSSR count). The third kappa shape index (κ3) is 6.00. The molecule has 1 aromatic heterocycles. The van der Waals surface area contributed by atoms with Crippen molar-refractivity contribution in [2.75, 3.05) is 9.80 Å². The van der Waals surface area contributed by atoms with Crippen molar-refractivity contribution in [3.8, 4) is 44.9 Å². The van der Waals surface area contributed by atoms with Crippen molar-refractivity contribution in [3.63, 3.8) is 0 Å². The Balaban J connectivity index is 0.999. The van der Waals surface area contributed by atoms with E-state index >= 15 is 0 Å². The summed E-state index contributed by atoms with van der Waals surface area (Å²) in [6.45, 7) is 0. The molecule has 0 aliphatic carbocycles. The highest BCUT2D eigenvalue weighted by molar-refractivity contribution is 6.11. The van der Waals surface area contributed by atoms with Crippen LogP contribution in [0.15, 0.2) is 235 Å². The highest BCUT2D eigenvalue weighted by Gasteiger charge is 2.28. The molecule has 62 heavy (non-hydrogen) atoms. The molecular weight excluding hydrogens is 757 g/mol. The maximum Gasteiger partial charge on any atom is 0.143 e. The summed E-state index contributed by atoms with van der Waals surface area (Å²) in [5.74, 6) is 1.64. The van der Waals surface area contributed by atoms with E-state index in [1.54, 1.807) is 0 Å². The van der Waals surface area contributed by atoms with E-state index in [0.29, 0.717) is 0 Å². The smallest absolute Gasteiger partial charge is 0.143 e. The fourth-order valence-corrected chi connectivity index (χ4v) is 9.20. The molecule has 0 amide bonds. The maximum absolute atomic E-state index is 7.03. The van der Waals surface area contributed by atoms with Gasteiger partial charge in [-0.2, -0.15) is 0 Å². The van der Waals surface area contributed by atoms with E-state index in [4.69, 9.17) is 9.15 Å². The largest absolute Gasteiger partial charge is 0.456 e. The van der Waals surface area contributed by atoms with Gasteiger partial charge >= 0.3 is 0 Å². The Kier molecular flexibility index (Phi) is 8.46. The fourth-order valence-electron chi connectivity index (χ4n) is 9.20. The zero-order valence-corrected chi connectivity index (χ0v) is 33.7. The van der Waals surface area contributed by atoms with E-state index < -0.39 is 0 Å². The minimum absolute atomic E-state index is 0.819. The first kappa shape index (κ1) is 35.6. The van der Waals surface area contributed by atoms with Crippen molar-refractivity contribution < 1.29 is 9.15 Å². The van der Waals surface area contributed by atoms with Crippen molar-refractivity contribution in [2.45, 2.75) is 0 Å². The highest BCUT2D eigenvalue weighted by atomic mass is 16.5. The fraction of sp³-hybridized carbons (Fsp3) is 0. The van der Waals surface area contributed by atoms with Gasteiger partial charge < -0.3 is 19.0 Å². The number of fused-ring (bicyclic) bond motifs is 5. The Morgan fingerprint density at radius 2 is 0.903 bits per heavy atom. The van der Waals surface area contributed by atoms with Crippen LogP contribution in [-0.2, 0) is 0 Å². The number of rotatable bonds is 8. The van der Waals surface area contributed by atoms with Crippen LogP contribution < -0.4 is 14.5 Å². The first-order valence-electron chi connectivity index (χ1n) is 21.0. The standard InChI is InChI=1S/C58H38N2O2/c1-4-15-39(16-5-1)40-29-33-45(34-30-40)59(46-35-31-41(32-36-46)48-23-13-24-50-49-22-10-11-27-53(49)62-58(48)50)47-37-42-17-12-25-51-56(42)55(38-47)61-54-28-14-26-52(57(51)54)60(43-18-6-2-7-19-43)44-20-8-3-9-21-44/h1-38H. The quantitative estimate of drug-likeness (QED) is 0.153. The summed E-state index contributed by atoms with van der Waals surface area (Å²) in [6.07, 6.45) is 0. The van der Waals surface area contributed by atoms with Gasteiger partial charge in [-0.15, -0.1) is 0 Å². The lowest BCUT2D eigenvalue weighted by Gasteiger charge is -2.32. The van der Waals surface area contributed by atoms with E-state index in [9.17, 15) is 0 Å². The van der Waals surface area contributed by atoms with Crippen LogP contribution in [0.4, 0.5) is 34.1 Å². The van der Waals surface area contributed by atoms with Crippen molar-refractivity contribution in [3.05, 3.63) is 231 Å². The Hall–Kier alpha value is -8.34. The molecule has 292 valence electrons. The normalized spacial score (nSPS) is 11.7. The molecule has 0 spiro atoms. The lowest BCUT2D eigenvalue weighted by atomic mass is 9.92. The number of hydrogen-bond acceptors (Lipinski definition) is 4.